The molecule has 0 amide bonds. The van der Waals surface area contributed by atoms with Gasteiger partial charge in [0.25, 0.3) is 0 Å². The summed E-state index contributed by atoms with van der Waals surface area (Å²) >= 11 is 7.02. The molecule has 0 saturated carbocycles. The third-order valence-corrected chi connectivity index (χ3v) is 6.24. The van der Waals surface area contributed by atoms with E-state index in [0.717, 1.165) is 43.6 Å². The van der Waals surface area contributed by atoms with Crippen LogP contribution in [-0.4, -0.2) is 15.5 Å². The number of nitrogens with zero attached hydrogens (tertiary/aromatic N) is 4. The van der Waals surface area contributed by atoms with Crippen LogP contribution >= 0.6 is 31.9 Å². The molecule has 2 heterocycles. The number of benzene rings is 3. The quantitative estimate of drug-likeness (QED) is 0.297. The van der Waals surface area contributed by atoms with Crippen molar-refractivity contribution in [1.82, 2.24) is 9.78 Å². The predicted octanol–water partition coefficient (Wildman–Crippen LogP) is 6.75. The van der Waals surface area contributed by atoms with Crippen molar-refractivity contribution < 1.29 is 0 Å². The van der Waals surface area contributed by atoms with Crippen LogP contribution in [0.15, 0.2) is 105 Å². The van der Waals surface area contributed by atoms with Gasteiger partial charge in [0.05, 0.1) is 29.3 Å². The highest BCUT2D eigenvalue weighted by atomic mass is 79.9. The van der Waals surface area contributed by atoms with Crippen LogP contribution in [0.3, 0.4) is 0 Å². The Kier molecular flexibility index (Phi) is 5.27. The first-order valence-electron chi connectivity index (χ1n) is 9.65. The molecule has 30 heavy (non-hydrogen) atoms. The Labute approximate surface area is 192 Å². The molecule has 0 bridgehead atoms. The van der Waals surface area contributed by atoms with Crippen molar-refractivity contribution in [2.24, 2.45) is 5.10 Å². The normalized spacial score (nSPS) is 16.0. The van der Waals surface area contributed by atoms with Crippen molar-refractivity contribution in [3.63, 3.8) is 0 Å². The molecule has 6 heteroatoms. The lowest BCUT2D eigenvalue weighted by Crippen LogP contribution is -2.18. The van der Waals surface area contributed by atoms with Crippen molar-refractivity contribution in [3.8, 4) is 5.69 Å². The second-order valence-corrected chi connectivity index (χ2v) is 8.98. The van der Waals surface area contributed by atoms with Gasteiger partial charge in [0, 0.05) is 27.1 Å². The van der Waals surface area contributed by atoms with Crippen molar-refractivity contribution in [2.75, 3.05) is 5.01 Å². The molecule has 0 radical (unpaired) electrons. The van der Waals surface area contributed by atoms with Gasteiger partial charge >= 0.3 is 0 Å². The van der Waals surface area contributed by atoms with Gasteiger partial charge in [-0.05, 0) is 54.1 Å². The average molecular weight is 522 g/mol. The Hall–Kier alpha value is -2.70. The molecule has 148 valence electrons. The molecule has 1 aromatic heterocycles. The standard InChI is InChI=1S/C24H18Br2N4/c25-19-6-10-21(11-7-19)29-16-18(15-27-29)24-14-23(17-4-2-1-3-5-17)28-30(24)22-12-8-20(26)9-13-22/h1-13,15-16,24H,14H2. The van der Waals surface area contributed by atoms with E-state index in [9.17, 15) is 0 Å². The van der Waals surface area contributed by atoms with E-state index in [1.54, 1.807) is 0 Å². The van der Waals surface area contributed by atoms with E-state index in [-0.39, 0.29) is 6.04 Å². The largest absolute Gasteiger partial charge is 0.257 e. The Morgan fingerprint density at radius 2 is 1.40 bits per heavy atom. The summed E-state index contributed by atoms with van der Waals surface area (Å²) in [5, 5.41) is 11.7. The molecule has 1 aliphatic rings. The van der Waals surface area contributed by atoms with E-state index < -0.39 is 0 Å². The molecule has 4 nitrogen and oxygen atoms in total. The van der Waals surface area contributed by atoms with Crippen LogP contribution < -0.4 is 5.01 Å². The SMILES string of the molecule is Brc1ccc(N2N=C(c3ccccc3)CC2c2cnn(-c3ccc(Br)cc3)c2)cc1. The molecule has 1 aliphatic heterocycles. The first-order chi connectivity index (χ1) is 14.7. The van der Waals surface area contributed by atoms with Crippen molar-refractivity contribution in [1.29, 1.82) is 0 Å². The maximum Gasteiger partial charge on any atom is 0.0862 e. The zero-order valence-electron chi connectivity index (χ0n) is 16.0. The molecule has 0 spiro atoms. The lowest BCUT2D eigenvalue weighted by Gasteiger charge is -2.22. The minimum absolute atomic E-state index is 0.0885. The molecular formula is C24H18Br2N4. The fraction of sp³-hybridized carbons (Fsp3) is 0.0833. The van der Waals surface area contributed by atoms with Crippen LogP contribution in [0.5, 0.6) is 0 Å². The molecule has 1 unspecified atom stereocenters. The van der Waals surface area contributed by atoms with Crippen LogP contribution in [0.2, 0.25) is 0 Å². The average Bonchev–Trinajstić information content (AvgIpc) is 3.43. The van der Waals surface area contributed by atoms with Gasteiger partial charge < -0.3 is 0 Å². The van der Waals surface area contributed by atoms with Gasteiger partial charge in [0.2, 0.25) is 0 Å². The van der Waals surface area contributed by atoms with Gasteiger partial charge in [-0.1, -0.05) is 62.2 Å². The van der Waals surface area contributed by atoms with E-state index in [1.807, 2.05) is 53.3 Å². The van der Waals surface area contributed by atoms with E-state index in [0.29, 0.717) is 0 Å². The smallest absolute Gasteiger partial charge is 0.0862 e. The summed E-state index contributed by atoms with van der Waals surface area (Å²) in [4.78, 5) is 0. The summed E-state index contributed by atoms with van der Waals surface area (Å²) in [7, 11) is 0. The highest BCUT2D eigenvalue weighted by Gasteiger charge is 2.31. The zero-order valence-corrected chi connectivity index (χ0v) is 19.2. The second kappa shape index (κ2) is 8.20. The van der Waals surface area contributed by atoms with Crippen molar-refractivity contribution in [2.45, 2.75) is 12.5 Å². The Morgan fingerprint density at radius 1 is 0.767 bits per heavy atom. The van der Waals surface area contributed by atoms with Crippen LogP contribution in [0.25, 0.3) is 5.69 Å². The highest BCUT2D eigenvalue weighted by Crippen LogP contribution is 2.37. The van der Waals surface area contributed by atoms with E-state index in [1.165, 1.54) is 0 Å². The fourth-order valence-corrected chi connectivity index (χ4v) is 4.18. The number of halogens is 2. The predicted molar refractivity (Wildman–Crippen MR) is 128 cm³/mol. The number of hydrazone groups is 1. The minimum Gasteiger partial charge on any atom is -0.257 e. The molecule has 4 aromatic rings. The van der Waals surface area contributed by atoms with Gasteiger partial charge in [-0.15, -0.1) is 0 Å². The highest BCUT2D eigenvalue weighted by molar-refractivity contribution is 9.10. The van der Waals surface area contributed by atoms with E-state index in [2.05, 4.69) is 84.6 Å². The maximum atomic E-state index is 5.00. The number of hydrogen-bond acceptors (Lipinski definition) is 3. The molecule has 0 aliphatic carbocycles. The molecular weight excluding hydrogens is 504 g/mol. The van der Waals surface area contributed by atoms with Crippen molar-refractivity contribution >= 4 is 43.3 Å². The van der Waals surface area contributed by atoms with Crippen LogP contribution in [0.1, 0.15) is 23.6 Å². The molecule has 5 rings (SSSR count). The number of aromatic nitrogens is 2. The summed E-state index contributed by atoms with van der Waals surface area (Å²) in [5.41, 5.74) is 5.46. The number of anilines is 1. The first kappa shape index (κ1) is 19.3. The summed E-state index contributed by atoms with van der Waals surface area (Å²) in [5.74, 6) is 0. The van der Waals surface area contributed by atoms with Gasteiger partial charge in [-0.3, -0.25) is 5.01 Å². The molecule has 0 N–H and O–H groups in total. The molecule has 1 atom stereocenters. The third kappa shape index (κ3) is 3.85. The Morgan fingerprint density at radius 3 is 2.07 bits per heavy atom. The minimum atomic E-state index is 0.0885. The number of hydrogen-bond donors (Lipinski definition) is 0. The van der Waals surface area contributed by atoms with Crippen molar-refractivity contribution in [3.05, 3.63) is 111 Å². The monoisotopic (exact) mass is 520 g/mol. The topological polar surface area (TPSA) is 33.4 Å². The molecule has 0 fully saturated rings. The third-order valence-electron chi connectivity index (χ3n) is 5.19. The van der Waals surface area contributed by atoms with E-state index >= 15 is 0 Å². The van der Waals surface area contributed by atoms with Gasteiger partial charge in [-0.25, -0.2) is 4.68 Å². The van der Waals surface area contributed by atoms with Crippen LogP contribution in [0.4, 0.5) is 5.69 Å². The first-order valence-corrected chi connectivity index (χ1v) is 11.2. The van der Waals surface area contributed by atoms with Gasteiger partial charge in [0.1, 0.15) is 0 Å². The summed E-state index contributed by atoms with van der Waals surface area (Å²) in [6.07, 6.45) is 4.87. The van der Waals surface area contributed by atoms with Gasteiger partial charge in [-0.2, -0.15) is 10.2 Å². The maximum absolute atomic E-state index is 5.00. The van der Waals surface area contributed by atoms with Crippen LogP contribution in [-0.2, 0) is 0 Å². The van der Waals surface area contributed by atoms with Gasteiger partial charge in [0.15, 0.2) is 0 Å². The summed E-state index contributed by atoms with van der Waals surface area (Å²) in [6, 6.07) is 26.9. The fourth-order valence-electron chi connectivity index (χ4n) is 3.65. The molecule has 0 saturated heterocycles. The van der Waals surface area contributed by atoms with Crippen LogP contribution in [0, 0.1) is 0 Å². The number of rotatable bonds is 4. The lowest BCUT2D eigenvalue weighted by atomic mass is 10.0. The summed E-state index contributed by atoms with van der Waals surface area (Å²) in [6.45, 7) is 0. The molecule has 3 aromatic carbocycles. The Balaban J connectivity index is 1.51. The second-order valence-electron chi connectivity index (χ2n) is 7.15. The van der Waals surface area contributed by atoms with E-state index in [4.69, 9.17) is 5.10 Å². The zero-order chi connectivity index (χ0) is 20.5. The Bertz CT molecular complexity index is 1180. The summed E-state index contributed by atoms with van der Waals surface area (Å²) < 4.78 is 4.02. The lowest BCUT2D eigenvalue weighted by molar-refractivity contribution is 0.708.